The maximum absolute atomic E-state index is 6.14. The summed E-state index contributed by atoms with van der Waals surface area (Å²) in [5.74, 6) is 2.26. The quantitative estimate of drug-likeness (QED) is 0.463. The van der Waals surface area contributed by atoms with Gasteiger partial charge in [-0.1, -0.05) is 23.7 Å². The van der Waals surface area contributed by atoms with Gasteiger partial charge in [-0.3, -0.25) is 9.56 Å². The van der Waals surface area contributed by atoms with Crippen LogP contribution in [0.5, 0.6) is 0 Å². The zero-order valence-corrected chi connectivity index (χ0v) is 17.8. The highest BCUT2D eigenvalue weighted by Gasteiger charge is 2.32. The van der Waals surface area contributed by atoms with Gasteiger partial charge in [0.1, 0.15) is 23.1 Å². The summed E-state index contributed by atoms with van der Waals surface area (Å²) in [6, 6.07) is 7.55. The van der Waals surface area contributed by atoms with Gasteiger partial charge < -0.3 is 4.42 Å². The molecule has 0 amide bonds. The number of hydrogen-bond acceptors (Lipinski definition) is 6. The van der Waals surface area contributed by atoms with E-state index in [1.165, 1.54) is 10.4 Å². The number of aromatic nitrogens is 4. The van der Waals surface area contributed by atoms with Gasteiger partial charge in [0, 0.05) is 21.0 Å². The maximum atomic E-state index is 6.14. The fourth-order valence-corrected chi connectivity index (χ4v) is 4.99. The summed E-state index contributed by atoms with van der Waals surface area (Å²) in [5, 5.41) is 10.6. The fourth-order valence-electron chi connectivity index (χ4n) is 3.65. The first-order valence-corrected chi connectivity index (χ1v) is 10.5. The highest BCUT2D eigenvalue weighted by Crippen LogP contribution is 2.39. The van der Waals surface area contributed by atoms with Gasteiger partial charge in [0.05, 0.1) is 18.3 Å². The van der Waals surface area contributed by atoms with Crippen LogP contribution in [0, 0.1) is 20.8 Å². The predicted octanol–water partition coefficient (Wildman–Crippen LogP) is 5.03. The van der Waals surface area contributed by atoms with Gasteiger partial charge in [-0.15, -0.1) is 21.5 Å². The van der Waals surface area contributed by atoms with Crippen LogP contribution in [0.1, 0.15) is 45.1 Å². The highest BCUT2D eigenvalue weighted by molar-refractivity contribution is 7.15. The van der Waals surface area contributed by atoms with Crippen LogP contribution >= 0.6 is 22.9 Å². The molecule has 0 saturated carbocycles. The van der Waals surface area contributed by atoms with E-state index < -0.39 is 0 Å². The van der Waals surface area contributed by atoms with Crippen molar-refractivity contribution in [2.75, 3.05) is 0 Å². The molecule has 5 rings (SSSR count). The molecular formula is C21H18ClN5OS. The van der Waals surface area contributed by atoms with Crippen molar-refractivity contribution < 1.29 is 4.42 Å². The molecule has 0 N–H and O–H groups in total. The Morgan fingerprint density at radius 1 is 1.14 bits per heavy atom. The number of aryl methyl sites for hydroxylation is 2. The smallest absolute Gasteiger partial charge is 0.196 e. The van der Waals surface area contributed by atoms with E-state index >= 15 is 0 Å². The second-order valence-electron chi connectivity index (χ2n) is 7.03. The summed E-state index contributed by atoms with van der Waals surface area (Å²) in [6.07, 6.45) is 3.74. The molecule has 0 aliphatic carbocycles. The summed E-state index contributed by atoms with van der Waals surface area (Å²) >= 11 is 7.88. The Labute approximate surface area is 176 Å². The van der Waals surface area contributed by atoms with Crippen LogP contribution in [0.15, 0.2) is 46.1 Å². The zero-order chi connectivity index (χ0) is 20.1. The van der Waals surface area contributed by atoms with Gasteiger partial charge in [0.15, 0.2) is 11.7 Å². The van der Waals surface area contributed by atoms with Crippen LogP contribution in [-0.2, 0) is 6.42 Å². The Morgan fingerprint density at radius 2 is 1.93 bits per heavy atom. The first-order valence-electron chi connectivity index (χ1n) is 9.27. The van der Waals surface area contributed by atoms with Crippen molar-refractivity contribution in [3.8, 4) is 5.00 Å². The topological polar surface area (TPSA) is 69.1 Å². The molecule has 146 valence electrons. The molecule has 29 heavy (non-hydrogen) atoms. The summed E-state index contributed by atoms with van der Waals surface area (Å²) in [4.78, 5) is 10.7. The third-order valence-electron chi connectivity index (χ3n) is 5.21. The van der Waals surface area contributed by atoms with E-state index in [4.69, 9.17) is 21.0 Å². The molecule has 0 fully saturated rings. The molecular weight excluding hydrogens is 406 g/mol. The molecule has 4 heterocycles. The van der Waals surface area contributed by atoms with Crippen LogP contribution in [0.2, 0.25) is 5.02 Å². The molecule has 1 aliphatic heterocycles. The number of thiophene rings is 1. The Bertz CT molecular complexity index is 1220. The van der Waals surface area contributed by atoms with Gasteiger partial charge in [-0.25, -0.2) is 4.98 Å². The van der Waals surface area contributed by atoms with Crippen LogP contribution in [-0.4, -0.2) is 25.5 Å². The number of hydrogen-bond donors (Lipinski definition) is 0. The van der Waals surface area contributed by atoms with E-state index in [-0.39, 0.29) is 6.04 Å². The second-order valence-corrected chi connectivity index (χ2v) is 8.67. The lowest BCUT2D eigenvalue weighted by atomic mass is 9.99. The van der Waals surface area contributed by atoms with E-state index in [2.05, 4.69) is 33.6 Å². The lowest BCUT2D eigenvalue weighted by Gasteiger charge is -2.11. The molecule has 1 atom stereocenters. The molecule has 0 radical (unpaired) electrons. The molecule has 6 nitrogen and oxygen atoms in total. The van der Waals surface area contributed by atoms with Crippen molar-refractivity contribution in [2.45, 2.75) is 33.2 Å². The molecule has 8 heteroatoms. The molecule has 0 bridgehead atoms. The van der Waals surface area contributed by atoms with E-state index in [1.54, 1.807) is 23.8 Å². The molecule has 4 aromatic rings. The summed E-state index contributed by atoms with van der Waals surface area (Å²) in [6.45, 7) is 6.25. The molecule has 1 aromatic carbocycles. The van der Waals surface area contributed by atoms with E-state index in [0.717, 1.165) is 33.5 Å². The van der Waals surface area contributed by atoms with Crippen molar-refractivity contribution in [3.05, 3.63) is 80.9 Å². The minimum atomic E-state index is -0.264. The molecule has 3 aromatic heterocycles. The van der Waals surface area contributed by atoms with Gasteiger partial charge >= 0.3 is 0 Å². The minimum Gasteiger partial charge on any atom is -0.449 e. The van der Waals surface area contributed by atoms with Crippen LogP contribution in [0.3, 0.4) is 0 Å². The number of fused-ring (bicyclic) bond motifs is 3. The second kappa shape index (κ2) is 6.93. The lowest BCUT2D eigenvalue weighted by molar-refractivity contribution is 0.467. The zero-order valence-electron chi connectivity index (χ0n) is 16.2. The van der Waals surface area contributed by atoms with Crippen LogP contribution in [0.25, 0.3) is 5.00 Å². The largest absolute Gasteiger partial charge is 0.449 e. The van der Waals surface area contributed by atoms with Crippen molar-refractivity contribution >= 4 is 28.6 Å². The number of halogens is 1. The van der Waals surface area contributed by atoms with Crippen molar-refractivity contribution in [1.29, 1.82) is 0 Å². The van der Waals surface area contributed by atoms with Crippen LogP contribution < -0.4 is 0 Å². The van der Waals surface area contributed by atoms with Crippen molar-refractivity contribution in [1.82, 2.24) is 19.7 Å². The standard InChI is InChI=1S/C21H18ClN5OS/c1-11-12(2)29-21-18(11)19(14-4-6-15(22)7-5-14)24-16(10-17-23-8-9-28-17)20-26-25-13(3)27(20)21/h4-9,16H,10H2,1-3H3. The Morgan fingerprint density at radius 3 is 2.66 bits per heavy atom. The van der Waals surface area contributed by atoms with E-state index in [0.29, 0.717) is 17.3 Å². The molecule has 0 saturated heterocycles. The number of aliphatic imine (C=N–C) groups is 1. The number of benzene rings is 1. The van der Waals surface area contributed by atoms with Crippen LogP contribution in [0.4, 0.5) is 0 Å². The number of nitrogens with zero attached hydrogens (tertiary/aromatic N) is 5. The summed E-state index contributed by atoms with van der Waals surface area (Å²) in [7, 11) is 0. The van der Waals surface area contributed by atoms with Gasteiger partial charge in [0.2, 0.25) is 0 Å². The summed E-state index contributed by atoms with van der Waals surface area (Å²) in [5.41, 5.74) is 4.29. The molecule has 1 aliphatic rings. The van der Waals surface area contributed by atoms with E-state index in [9.17, 15) is 0 Å². The predicted molar refractivity (Wildman–Crippen MR) is 113 cm³/mol. The van der Waals surface area contributed by atoms with Crippen molar-refractivity contribution in [3.63, 3.8) is 0 Å². The lowest BCUT2D eigenvalue weighted by Crippen LogP contribution is -2.09. The third kappa shape index (κ3) is 3.01. The third-order valence-corrected chi connectivity index (χ3v) is 6.65. The Hall–Kier alpha value is -2.77. The van der Waals surface area contributed by atoms with Crippen molar-refractivity contribution in [2.24, 2.45) is 4.99 Å². The normalized spacial score (nSPS) is 15.6. The first-order chi connectivity index (χ1) is 14.0. The molecule has 1 unspecified atom stereocenters. The average molecular weight is 424 g/mol. The Kier molecular flexibility index (Phi) is 4.37. The van der Waals surface area contributed by atoms with E-state index in [1.807, 2.05) is 31.2 Å². The maximum Gasteiger partial charge on any atom is 0.196 e. The highest BCUT2D eigenvalue weighted by atomic mass is 35.5. The first kappa shape index (κ1) is 18.3. The number of rotatable bonds is 3. The Balaban J connectivity index is 1.78. The van der Waals surface area contributed by atoms with Gasteiger partial charge in [-0.05, 0) is 38.5 Å². The van der Waals surface area contributed by atoms with Gasteiger partial charge in [0.25, 0.3) is 0 Å². The SMILES string of the molecule is Cc1sc2c(c1C)C(c1ccc(Cl)cc1)=NC(Cc1ncco1)c1nnc(C)n1-2. The summed E-state index contributed by atoms with van der Waals surface area (Å²) < 4.78 is 7.63. The van der Waals surface area contributed by atoms with Gasteiger partial charge in [-0.2, -0.15) is 0 Å². The fraction of sp³-hybridized carbons (Fsp3) is 0.238. The number of oxazole rings is 1. The molecule has 0 spiro atoms. The average Bonchev–Trinajstić information content (AvgIpc) is 3.39. The minimum absolute atomic E-state index is 0.264. The monoisotopic (exact) mass is 423 g/mol.